The number of carbonyl (C=O) groups is 1. The maximum Gasteiger partial charge on any atom is 0.244 e. The van der Waals surface area contributed by atoms with Crippen LogP contribution in [0.25, 0.3) is 11.3 Å². The van der Waals surface area contributed by atoms with Crippen LogP contribution in [0.4, 0.5) is 9.52 Å². The van der Waals surface area contributed by atoms with E-state index in [1.165, 1.54) is 51.8 Å². The predicted octanol–water partition coefficient (Wildman–Crippen LogP) is 3.10. The van der Waals surface area contributed by atoms with Crippen LogP contribution in [0, 0.1) is 5.82 Å². The summed E-state index contributed by atoms with van der Waals surface area (Å²) < 4.78 is 44.9. The number of aromatic nitrogens is 2. The van der Waals surface area contributed by atoms with Gasteiger partial charge in [-0.25, -0.2) is 22.8 Å². The first-order valence-electron chi connectivity index (χ1n) is 9.60. The molecule has 0 radical (unpaired) electrons. The summed E-state index contributed by atoms with van der Waals surface area (Å²) in [6, 6.07) is 9.04. The Morgan fingerprint density at radius 2 is 1.94 bits per heavy atom. The molecule has 1 aliphatic rings. The molecule has 0 unspecified atom stereocenters. The van der Waals surface area contributed by atoms with E-state index >= 15 is 0 Å². The van der Waals surface area contributed by atoms with Gasteiger partial charge in [-0.05, 0) is 36.4 Å². The number of carbonyl (C=O) groups excluding carboxylic acids is 1. The first kappa shape index (κ1) is 22.8. The Hall–Kier alpha value is -2.38. The minimum Gasteiger partial charge on any atom is -0.379 e. The third-order valence-corrected chi connectivity index (χ3v) is 8.14. The van der Waals surface area contributed by atoms with E-state index in [0.29, 0.717) is 42.2 Å². The van der Waals surface area contributed by atoms with Gasteiger partial charge in [-0.1, -0.05) is 11.8 Å². The Morgan fingerprint density at radius 1 is 1.19 bits per heavy atom. The van der Waals surface area contributed by atoms with Crippen molar-refractivity contribution in [1.29, 1.82) is 0 Å². The quantitative estimate of drug-likeness (QED) is 0.504. The van der Waals surface area contributed by atoms with Crippen molar-refractivity contribution >= 4 is 44.2 Å². The molecule has 3 aromatic rings. The zero-order chi connectivity index (χ0) is 22.6. The molecule has 0 bridgehead atoms. The van der Waals surface area contributed by atoms with Crippen molar-refractivity contribution in [3.8, 4) is 11.3 Å². The molecule has 4 rings (SSSR count). The van der Waals surface area contributed by atoms with E-state index < -0.39 is 10.0 Å². The van der Waals surface area contributed by atoms with Gasteiger partial charge in [-0.15, -0.1) is 11.3 Å². The highest BCUT2D eigenvalue weighted by Crippen LogP contribution is 2.26. The van der Waals surface area contributed by atoms with Gasteiger partial charge < -0.3 is 10.1 Å². The Bertz CT molecular complexity index is 1180. The van der Waals surface area contributed by atoms with E-state index in [2.05, 4.69) is 15.3 Å². The largest absolute Gasteiger partial charge is 0.379 e. The average Bonchev–Trinajstić information content (AvgIpc) is 3.27. The number of morpholine rings is 1. The van der Waals surface area contributed by atoms with Gasteiger partial charge in [-0.3, -0.25) is 4.79 Å². The van der Waals surface area contributed by atoms with Crippen LogP contribution >= 0.6 is 23.1 Å². The Balaban J connectivity index is 1.31. The van der Waals surface area contributed by atoms with Crippen molar-refractivity contribution in [3.05, 3.63) is 53.8 Å². The molecule has 168 valence electrons. The van der Waals surface area contributed by atoms with E-state index in [1.807, 2.05) is 0 Å². The third kappa shape index (κ3) is 5.51. The smallest absolute Gasteiger partial charge is 0.244 e. The number of halogens is 1. The number of pyridine rings is 1. The van der Waals surface area contributed by atoms with Gasteiger partial charge in [0.25, 0.3) is 0 Å². The normalized spacial score (nSPS) is 14.9. The van der Waals surface area contributed by atoms with Crippen LogP contribution < -0.4 is 5.32 Å². The van der Waals surface area contributed by atoms with Crippen molar-refractivity contribution in [2.75, 3.05) is 37.4 Å². The van der Waals surface area contributed by atoms with E-state index in [0.717, 1.165) is 5.56 Å². The van der Waals surface area contributed by atoms with Crippen LogP contribution in [0.15, 0.2) is 57.9 Å². The number of thiazole rings is 1. The number of nitrogens with zero attached hydrogens (tertiary/aromatic N) is 3. The number of hydrogen-bond donors (Lipinski definition) is 1. The minimum atomic E-state index is -3.60. The molecule has 0 spiro atoms. The van der Waals surface area contributed by atoms with Gasteiger partial charge in [0.15, 0.2) is 5.13 Å². The number of benzene rings is 1. The molecule has 1 saturated heterocycles. The van der Waals surface area contributed by atoms with Gasteiger partial charge >= 0.3 is 0 Å². The maximum absolute atomic E-state index is 13.1. The van der Waals surface area contributed by atoms with Gasteiger partial charge in [0.1, 0.15) is 10.7 Å². The van der Waals surface area contributed by atoms with Gasteiger partial charge in [-0.2, -0.15) is 4.31 Å². The highest BCUT2D eigenvalue weighted by Gasteiger charge is 2.26. The molecule has 8 nitrogen and oxygen atoms in total. The summed E-state index contributed by atoms with van der Waals surface area (Å²) in [5.74, 6) is -0.495. The zero-order valence-electron chi connectivity index (χ0n) is 16.7. The molecule has 0 aliphatic carbocycles. The molecule has 1 amide bonds. The molecule has 0 saturated carbocycles. The predicted molar refractivity (Wildman–Crippen MR) is 121 cm³/mol. The van der Waals surface area contributed by atoms with E-state index in [1.54, 1.807) is 23.6 Å². The second-order valence-corrected chi connectivity index (χ2v) is 10.5. The lowest BCUT2D eigenvalue weighted by atomic mass is 10.2. The number of anilines is 1. The van der Waals surface area contributed by atoms with Crippen LogP contribution in [0.3, 0.4) is 0 Å². The van der Waals surface area contributed by atoms with Crippen LogP contribution in [0.5, 0.6) is 0 Å². The fourth-order valence-electron chi connectivity index (χ4n) is 2.92. The Morgan fingerprint density at radius 3 is 2.62 bits per heavy atom. The summed E-state index contributed by atoms with van der Waals surface area (Å²) in [5.41, 5.74) is 1.41. The first-order chi connectivity index (χ1) is 15.4. The van der Waals surface area contributed by atoms with Crippen molar-refractivity contribution in [1.82, 2.24) is 14.3 Å². The van der Waals surface area contributed by atoms with Gasteiger partial charge in [0.05, 0.1) is 29.7 Å². The Labute approximate surface area is 192 Å². The summed E-state index contributed by atoms with van der Waals surface area (Å²) in [6.07, 6.45) is 1.31. The first-order valence-corrected chi connectivity index (χ1v) is 12.9. The molecule has 3 heterocycles. The van der Waals surface area contributed by atoms with Crippen LogP contribution in [0.2, 0.25) is 0 Å². The molecule has 1 N–H and O–H groups in total. The maximum atomic E-state index is 13.1. The summed E-state index contributed by atoms with van der Waals surface area (Å²) in [5, 5.41) is 5.48. The third-order valence-electron chi connectivity index (χ3n) is 4.56. The molecule has 1 aliphatic heterocycles. The number of rotatable bonds is 7. The fraction of sp³-hybridized carbons (Fsp3) is 0.250. The van der Waals surface area contributed by atoms with Gasteiger partial charge in [0.2, 0.25) is 15.9 Å². The Kier molecular flexibility index (Phi) is 7.16. The summed E-state index contributed by atoms with van der Waals surface area (Å²) in [4.78, 5) is 20.9. The number of hydrogen-bond acceptors (Lipinski definition) is 8. The number of ether oxygens (including phenoxy) is 1. The molecule has 1 aromatic carbocycles. The van der Waals surface area contributed by atoms with E-state index in [4.69, 9.17) is 4.74 Å². The van der Waals surface area contributed by atoms with Crippen molar-refractivity contribution < 1.29 is 22.3 Å². The highest BCUT2D eigenvalue weighted by molar-refractivity contribution is 7.99. The molecular formula is C20H19FN4O4S3. The lowest BCUT2D eigenvalue weighted by molar-refractivity contribution is -0.113. The SMILES string of the molecule is O=C(CSc1ccc(S(=O)(=O)N2CCOCC2)cn1)Nc1nc(-c2ccc(F)cc2)cs1. The molecule has 0 atom stereocenters. The molecule has 1 fully saturated rings. The van der Waals surface area contributed by atoms with Crippen LogP contribution in [-0.4, -0.2) is 60.7 Å². The molecule has 32 heavy (non-hydrogen) atoms. The molecule has 2 aromatic heterocycles. The lowest BCUT2D eigenvalue weighted by Gasteiger charge is -2.25. The summed E-state index contributed by atoms with van der Waals surface area (Å²) >= 11 is 2.47. The number of sulfonamides is 1. The van der Waals surface area contributed by atoms with Crippen molar-refractivity contribution in [2.24, 2.45) is 0 Å². The summed E-state index contributed by atoms with van der Waals surface area (Å²) in [7, 11) is -3.60. The van der Waals surface area contributed by atoms with Crippen LogP contribution in [-0.2, 0) is 19.6 Å². The summed E-state index contributed by atoms with van der Waals surface area (Å²) in [6.45, 7) is 1.39. The van der Waals surface area contributed by atoms with E-state index in [9.17, 15) is 17.6 Å². The van der Waals surface area contributed by atoms with Crippen molar-refractivity contribution in [3.63, 3.8) is 0 Å². The molecule has 12 heteroatoms. The second-order valence-electron chi connectivity index (χ2n) is 6.73. The zero-order valence-corrected chi connectivity index (χ0v) is 19.2. The second kappa shape index (κ2) is 10.0. The fourth-order valence-corrected chi connectivity index (χ4v) is 5.65. The number of thioether (sulfide) groups is 1. The highest BCUT2D eigenvalue weighted by atomic mass is 32.2. The topological polar surface area (TPSA) is 101 Å². The van der Waals surface area contributed by atoms with Gasteiger partial charge in [0, 0.05) is 30.2 Å². The lowest BCUT2D eigenvalue weighted by Crippen LogP contribution is -2.40. The number of amides is 1. The van der Waals surface area contributed by atoms with Crippen LogP contribution in [0.1, 0.15) is 0 Å². The molecular weight excluding hydrogens is 475 g/mol. The average molecular weight is 495 g/mol. The van der Waals surface area contributed by atoms with Crippen molar-refractivity contribution in [2.45, 2.75) is 9.92 Å². The monoisotopic (exact) mass is 494 g/mol. The standard InChI is InChI=1S/C20H19FN4O4S3/c21-15-3-1-14(2-4-15)17-12-31-20(23-17)24-18(26)13-30-19-6-5-16(11-22-19)32(27,28)25-7-9-29-10-8-25/h1-6,11-12H,7-10,13H2,(H,23,24,26). The van der Waals surface area contributed by atoms with E-state index in [-0.39, 0.29) is 22.4 Å². The minimum absolute atomic E-state index is 0.0913. The number of nitrogens with one attached hydrogen (secondary N) is 1.